The van der Waals surface area contributed by atoms with Gasteiger partial charge in [0.05, 0.1) is 68.3 Å². The minimum Gasteiger partial charge on any atom is -0.464 e. The molecule has 7 fully saturated rings. The summed E-state index contributed by atoms with van der Waals surface area (Å²) in [4.78, 5) is 56.1. The molecule has 2 saturated carbocycles. The highest BCUT2D eigenvalue weighted by molar-refractivity contribution is 7.10. The number of aromatic nitrogens is 3. The number of fused-ring (bicyclic) bond motifs is 4. The fourth-order valence-electron chi connectivity index (χ4n) is 11.1. The number of likely N-dealkylation sites (tertiary alicyclic amines) is 1. The molecule has 2 amide bonds. The predicted molar refractivity (Wildman–Crippen MR) is 232 cm³/mol. The Bertz CT molecular complexity index is 2440. The molecule has 1 aromatic carbocycles. The number of hydrogen-bond acceptors (Lipinski definition) is 12. The monoisotopic (exact) mass is 863 g/mol. The number of esters is 1. The van der Waals surface area contributed by atoms with Crippen molar-refractivity contribution in [3.63, 3.8) is 0 Å². The second kappa shape index (κ2) is 14.9. The Kier molecular flexibility index (Phi) is 9.75. The Morgan fingerprint density at radius 1 is 1.05 bits per heavy atom. The van der Waals surface area contributed by atoms with E-state index in [-0.39, 0.29) is 71.7 Å². The van der Waals surface area contributed by atoms with Crippen LogP contribution in [0.1, 0.15) is 81.9 Å². The summed E-state index contributed by atoms with van der Waals surface area (Å²) in [6.45, 7) is 14.7. The van der Waals surface area contributed by atoms with Crippen LogP contribution in [0.3, 0.4) is 0 Å². The molecular formula is C47H57N7O7S. The molecule has 0 radical (unpaired) electrons. The standard InChI is InChI=1S/C47H57N7O7S/c1-24-25(2)36(24)42(55)50-39-41(52-19-47(20-52)22-60-23-47)43-49-34(18-62-43)27-9-10-35-32(14-27)33(40(53(35)30-16-59-17-30)31-8-7-11-48-37(31)26(3)58-6)15-46(4,5)21-61-45(57)38-28-12-29(13-28)54(51-38)44(39)56/h7-11,14,18,24-26,28-30,36,38-39,41,51H,12-13,15-17,19-23H2,1-6H3,(H,50,55)/t24-,25+,26-,28?,29?,36?,38-,39-,41-/m0/s1. The van der Waals surface area contributed by atoms with Crippen molar-refractivity contribution in [3.8, 4) is 22.5 Å². The van der Waals surface area contributed by atoms with Crippen LogP contribution >= 0.6 is 11.3 Å². The summed E-state index contributed by atoms with van der Waals surface area (Å²) >= 11 is 1.53. The van der Waals surface area contributed by atoms with Crippen molar-refractivity contribution in [2.45, 2.75) is 90.2 Å². The average molecular weight is 864 g/mol. The molecule has 328 valence electrons. The number of thiazole rings is 1. The number of carbonyl (C=O) groups excluding carboxylic acids is 3. The van der Waals surface area contributed by atoms with Gasteiger partial charge in [-0.05, 0) is 73.8 Å². The van der Waals surface area contributed by atoms with Crippen molar-refractivity contribution in [2.24, 2.45) is 34.5 Å². The minimum absolute atomic E-state index is 0.0450. The van der Waals surface area contributed by atoms with Gasteiger partial charge in [-0.3, -0.25) is 29.3 Å². The van der Waals surface area contributed by atoms with Gasteiger partial charge >= 0.3 is 5.97 Å². The largest absolute Gasteiger partial charge is 0.464 e. The molecule has 8 bridgehead atoms. The van der Waals surface area contributed by atoms with Crippen LogP contribution < -0.4 is 10.7 Å². The number of amides is 2. The van der Waals surface area contributed by atoms with Crippen molar-refractivity contribution in [1.29, 1.82) is 0 Å². The van der Waals surface area contributed by atoms with Crippen molar-refractivity contribution in [2.75, 3.05) is 53.2 Å². The Morgan fingerprint density at radius 2 is 1.82 bits per heavy atom. The van der Waals surface area contributed by atoms with Gasteiger partial charge in [-0.25, -0.2) is 10.4 Å². The molecule has 14 nitrogen and oxygen atoms in total. The zero-order valence-electron chi connectivity index (χ0n) is 36.4. The van der Waals surface area contributed by atoms with Gasteiger partial charge in [-0.15, -0.1) is 11.3 Å². The molecule has 15 heteroatoms. The van der Waals surface area contributed by atoms with Crippen LogP contribution in [-0.2, 0) is 39.8 Å². The van der Waals surface area contributed by atoms with Crippen molar-refractivity contribution in [3.05, 3.63) is 58.2 Å². The first-order chi connectivity index (χ1) is 29.8. The number of benzene rings is 1. The zero-order chi connectivity index (χ0) is 42.8. The smallest absolute Gasteiger partial charge is 0.325 e. The number of carbonyl (C=O) groups is 3. The molecule has 62 heavy (non-hydrogen) atoms. The molecule has 9 heterocycles. The van der Waals surface area contributed by atoms with Gasteiger partial charge in [0.2, 0.25) is 5.91 Å². The molecular weight excluding hydrogens is 807 g/mol. The molecule has 3 aromatic heterocycles. The highest BCUT2D eigenvalue weighted by Crippen LogP contribution is 2.49. The van der Waals surface area contributed by atoms with E-state index in [9.17, 15) is 9.59 Å². The number of hydrogen-bond donors (Lipinski definition) is 2. The SMILES string of the molecule is CO[C@@H](C)c1ncccc1-c1c2c3cc(ccc3n1C1COC1)-c1csc(n1)[C@@H](N1CC3(COC3)C1)[C@H](NC(=O)C1[C@@H](C)[C@H]1C)C(=O)N1N[C@H](C(=O)OCC(C)(C)C2)C2CC1C2. The second-order valence-corrected chi connectivity index (χ2v) is 21.1. The Morgan fingerprint density at radius 3 is 2.50 bits per heavy atom. The van der Waals surface area contributed by atoms with Gasteiger partial charge in [-0.1, -0.05) is 33.8 Å². The molecule has 2 aliphatic carbocycles. The molecule has 1 spiro atoms. The second-order valence-electron chi connectivity index (χ2n) is 20.2. The quantitative estimate of drug-likeness (QED) is 0.228. The number of methoxy groups -OCH3 is 1. The van der Waals surface area contributed by atoms with E-state index in [4.69, 9.17) is 28.9 Å². The first-order valence-electron chi connectivity index (χ1n) is 22.4. The number of cyclic esters (lactones) is 1. The summed E-state index contributed by atoms with van der Waals surface area (Å²) in [7, 11) is 1.71. The fourth-order valence-corrected chi connectivity index (χ4v) is 12.1. The minimum atomic E-state index is -0.933. The van der Waals surface area contributed by atoms with E-state index in [1.54, 1.807) is 12.1 Å². The molecule has 6 aliphatic heterocycles. The molecule has 1 unspecified atom stereocenters. The van der Waals surface area contributed by atoms with E-state index < -0.39 is 23.5 Å². The molecule has 5 saturated heterocycles. The van der Waals surface area contributed by atoms with Crippen LogP contribution in [0.2, 0.25) is 0 Å². The zero-order valence-corrected chi connectivity index (χ0v) is 37.2. The topological polar surface area (TPSA) is 149 Å². The van der Waals surface area contributed by atoms with Gasteiger partial charge in [-0.2, -0.15) is 0 Å². The van der Waals surface area contributed by atoms with Gasteiger partial charge in [0.25, 0.3) is 5.91 Å². The van der Waals surface area contributed by atoms with Gasteiger partial charge in [0.15, 0.2) is 0 Å². The highest BCUT2D eigenvalue weighted by Gasteiger charge is 2.58. The Labute approximate surface area is 366 Å². The summed E-state index contributed by atoms with van der Waals surface area (Å²) in [6, 6.07) is 8.59. The average Bonchev–Trinajstić information content (AvgIpc) is 3.48. The van der Waals surface area contributed by atoms with Gasteiger partial charge in [0.1, 0.15) is 17.1 Å². The third-order valence-electron chi connectivity index (χ3n) is 15.3. The first-order valence-corrected chi connectivity index (χ1v) is 23.3. The normalized spacial score (nSPS) is 31.9. The number of pyridine rings is 1. The summed E-state index contributed by atoms with van der Waals surface area (Å²) in [6.07, 6.45) is 3.55. The number of ether oxygens (including phenoxy) is 4. The lowest BCUT2D eigenvalue weighted by Gasteiger charge is -2.58. The summed E-state index contributed by atoms with van der Waals surface area (Å²) in [5.41, 5.74) is 9.82. The maximum Gasteiger partial charge on any atom is 0.325 e. The lowest BCUT2D eigenvalue weighted by molar-refractivity contribution is -0.204. The third kappa shape index (κ3) is 6.55. The number of hydrazine groups is 1. The summed E-state index contributed by atoms with van der Waals surface area (Å²) in [5.74, 6) is -0.357. The molecule has 8 aliphatic rings. The van der Waals surface area contributed by atoms with Crippen LogP contribution in [0, 0.1) is 34.5 Å². The lowest BCUT2D eigenvalue weighted by atomic mass is 9.72. The number of nitrogens with zero attached hydrogens (tertiary/aromatic N) is 5. The number of rotatable bonds is 7. The van der Waals surface area contributed by atoms with Gasteiger partial charge in [0, 0.05) is 76.6 Å². The van der Waals surface area contributed by atoms with Crippen LogP contribution in [0.5, 0.6) is 0 Å². The Balaban J connectivity index is 1.08. The van der Waals surface area contributed by atoms with Crippen LogP contribution in [-0.4, -0.2) is 114 Å². The maximum absolute atomic E-state index is 15.2. The van der Waals surface area contributed by atoms with Crippen molar-refractivity contribution >= 4 is 40.0 Å². The van der Waals surface area contributed by atoms with E-state index in [0.29, 0.717) is 45.7 Å². The summed E-state index contributed by atoms with van der Waals surface area (Å²) < 4.78 is 26.1. The first kappa shape index (κ1) is 40.5. The molecule has 7 atom stereocenters. The predicted octanol–water partition coefficient (Wildman–Crippen LogP) is 5.49. The van der Waals surface area contributed by atoms with E-state index in [2.05, 4.69) is 77.6 Å². The third-order valence-corrected chi connectivity index (χ3v) is 16.2. The van der Waals surface area contributed by atoms with E-state index in [0.717, 1.165) is 62.8 Å². The van der Waals surface area contributed by atoms with Gasteiger partial charge < -0.3 is 28.8 Å². The van der Waals surface area contributed by atoms with E-state index in [1.807, 2.05) is 19.2 Å². The maximum atomic E-state index is 15.2. The van der Waals surface area contributed by atoms with Crippen LogP contribution in [0.15, 0.2) is 41.9 Å². The van der Waals surface area contributed by atoms with E-state index >= 15 is 4.79 Å². The fraction of sp³-hybridized carbons (Fsp3) is 0.596. The Hall–Kier alpha value is -4.25. The lowest BCUT2D eigenvalue weighted by Crippen LogP contribution is -2.73. The van der Waals surface area contributed by atoms with Crippen molar-refractivity contribution < 1.29 is 33.3 Å². The summed E-state index contributed by atoms with van der Waals surface area (Å²) in [5, 5.41) is 8.90. The number of nitrogens with one attached hydrogen (secondary N) is 2. The highest BCUT2D eigenvalue weighted by atomic mass is 32.1. The molecule has 2 N–H and O–H groups in total. The molecule has 4 aromatic rings. The van der Waals surface area contributed by atoms with Crippen molar-refractivity contribution in [1.82, 2.24) is 35.2 Å². The van der Waals surface area contributed by atoms with E-state index in [1.165, 1.54) is 11.3 Å². The molecule has 12 rings (SSSR count). The van der Waals surface area contributed by atoms with Crippen LogP contribution in [0.4, 0.5) is 0 Å². The van der Waals surface area contributed by atoms with Crippen LogP contribution in [0.25, 0.3) is 33.4 Å².